The van der Waals surface area contributed by atoms with Gasteiger partial charge in [0.05, 0.1) is 24.8 Å². The first-order valence-electron chi connectivity index (χ1n) is 13.6. The Labute approximate surface area is 219 Å². The number of likely N-dealkylation sites (tertiary alicyclic amines) is 1. The van der Waals surface area contributed by atoms with Gasteiger partial charge in [-0.05, 0) is 79.6 Å². The highest BCUT2D eigenvalue weighted by molar-refractivity contribution is 5.96. The molecular formula is C30H37FN4O2. The molecule has 0 aromatic heterocycles. The molecule has 2 aromatic rings. The Hall–Kier alpha value is -2.79. The summed E-state index contributed by atoms with van der Waals surface area (Å²) in [6.45, 7) is 7.31. The minimum absolute atomic E-state index is 0.0290. The highest BCUT2D eigenvalue weighted by Gasteiger charge is 2.33. The van der Waals surface area contributed by atoms with Crippen molar-refractivity contribution in [2.24, 2.45) is 0 Å². The van der Waals surface area contributed by atoms with Gasteiger partial charge in [-0.1, -0.05) is 12.1 Å². The Morgan fingerprint density at radius 3 is 2.62 bits per heavy atom. The molecule has 2 aromatic carbocycles. The molecule has 2 aliphatic heterocycles. The molecule has 2 saturated heterocycles. The van der Waals surface area contributed by atoms with Crippen LogP contribution in [0.1, 0.15) is 57.8 Å². The number of carbonyl (C=O) groups excluding carboxylic acids is 1. The number of hydrogen-bond donors (Lipinski definition) is 0. The quantitative estimate of drug-likeness (QED) is 0.547. The highest BCUT2D eigenvalue weighted by atomic mass is 19.1. The summed E-state index contributed by atoms with van der Waals surface area (Å²) in [7, 11) is 1.85. The third-order valence-electron chi connectivity index (χ3n) is 8.30. The zero-order valence-electron chi connectivity index (χ0n) is 21.8. The van der Waals surface area contributed by atoms with E-state index in [-0.39, 0.29) is 17.6 Å². The number of fused-ring (bicyclic) bond motifs is 1. The number of ether oxygens (including phenoxy) is 1. The van der Waals surface area contributed by atoms with Crippen LogP contribution in [0.15, 0.2) is 36.4 Å². The molecule has 196 valence electrons. The van der Waals surface area contributed by atoms with Gasteiger partial charge >= 0.3 is 0 Å². The predicted octanol–water partition coefficient (Wildman–Crippen LogP) is 3.84. The second kappa shape index (κ2) is 11.7. The van der Waals surface area contributed by atoms with Crippen molar-refractivity contribution in [3.8, 4) is 6.07 Å². The molecule has 0 bridgehead atoms. The Balaban J connectivity index is 1.26. The lowest BCUT2D eigenvalue weighted by Crippen LogP contribution is -2.61. The number of hydrogen-bond acceptors (Lipinski definition) is 5. The summed E-state index contributed by atoms with van der Waals surface area (Å²) in [5, 5.41) is 9.53. The maximum Gasteiger partial charge on any atom is 0.253 e. The monoisotopic (exact) mass is 504 g/mol. The lowest BCUT2D eigenvalue weighted by atomic mass is 9.86. The van der Waals surface area contributed by atoms with Gasteiger partial charge in [-0.25, -0.2) is 4.39 Å². The summed E-state index contributed by atoms with van der Waals surface area (Å²) in [6.07, 6.45) is 4.88. The van der Waals surface area contributed by atoms with E-state index in [1.807, 2.05) is 25.2 Å². The van der Waals surface area contributed by atoms with Gasteiger partial charge in [-0.3, -0.25) is 9.69 Å². The molecule has 1 amide bonds. The zero-order valence-corrected chi connectivity index (χ0v) is 21.8. The maximum absolute atomic E-state index is 13.7. The number of amides is 1. The van der Waals surface area contributed by atoms with Crippen LogP contribution >= 0.6 is 0 Å². The minimum atomic E-state index is -0.247. The summed E-state index contributed by atoms with van der Waals surface area (Å²) < 4.78 is 19.2. The average molecular weight is 505 g/mol. The molecule has 1 atom stereocenters. The normalized spacial score (nSPS) is 19.5. The minimum Gasteiger partial charge on any atom is -0.379 e. The van der Waals surface area contributed by atoms with Crippen LogP contribution in [-0.4, -0.2) is 86.2 Å². The summed E-state index contributed by atoms with van der Waals surface area (Å²) >= 11 is 0. The number of carbonyl (C=O) groups is 1. The Bertz CT molecular complexity index is 1130. The van der Waals surface area contributed by atoms with Crippen molar-refractivity contribution < 1.29 is 13.9 Å². The van der Waals surface area contributed by atoms with E-state index in [1.165, 1.54) is 12.1 Å². The predicted molar refractivity (Wildman–Crippen MR) is 141 cm³/mol. The Morgan fingerprint density at radius 1 is 1.16 bits per heavy atom. The summed E-state index contributed by atoms with van der Waals surface area (Å²) in [5.74, 6) is -0.173. The van der Waals surface area contributed by atoms with E-state index in [4.69, 9.17) is 4.74 Å². The molecule has 37 heavy (non-hydrogen) atoms. The summed E-state index contributed by atoms with van der Waals surface area (Å²) in [5.41, 5.74) is 4.53. The zero-order chi connectivity index (χ0) is 25.8. The van der Waals surface area contributed by atoms with Crippen LogP contribution in [0.4, 0.5) is 4.39 Å². The van der Waals surface area contributed by atoms with E-state index in [0.29, 0.717) is 23.7 Å². The first kappa shape index (κ1) is 25.8. The molecule has 3 aliphatic rings. The number of nitrogens with zero attached hydrogens (tertiary/aromatic N) is 4. The molecule has 2 heterocycles. The van der Waals surface area contributed by atoms with Crippen molar-refractivity contribution in [3.63, 3.8) is 0 Å². The highest BCUT2D eigenvalue weighted by Crippen LogP contribution is 2.29. The van der Waals surface area contributed by atoms with Gasteiger partial charge in [-0.15, -0.1) is 0 Å². The van der Waals surface area contributed by atoms with Crippen molar-refractivity contribution in [2.75, 3.05) is 59.5 Å². The molecule has 0 N–H and O–H groups in total. The molecular weight excluding hydrogens is 467 g/mol. The molecule has 0 radical (unpaired) electrons. The molecule has 0 spiro atoms. The second-order valence-electron chi connectivity index (χ2n) is 10.8. The number of benzene rings is 2. The van der Waals surface area contributed by atoms with Gasteiger partial charge < -0.3 is 14.5 Å². The van der Waals surface area contributed by atoms with E-state index >= 15 is 0 Å². The standard InChI is InChI=1S/C30H37FN4O2/c1-33(30(36)29-17-22(18-32)16-24-4-2-3-5-28(24)29)19-25(23-6-8-26(31)9-7-23)10-11-34-20-27(21-34)35-12-14-37-15-13-35/h6-9,16-17,25,27H,2-5,10-15,19-21H2,1H3/t25-/m1/s1. The van der Waals surface area contributed by atoms with Crippen molar-refractivity contribution >= 4 is 5.91 Å². The lowest BCUT2D eigenvalue weighted by molar-refractivity contribution is -0.0326. The van der Waals surface area contributed by atoms with Gasteiger partial charge in [0.25, 0.3) is 5.91 Å². The van der Waals surface area contributed by atoms with Crippen molar-refractivity contribution in [3.05, 3.63) is 70.0 Å². The van der Waals surface area contributed by atoms with Crippen molar-refractivity contribution in [1.82, 2.24) is 14.7 Å². The smallest absolute Gasteiger partial charge is 0.253 e. The summed E-state index contributed by atoms with van der Waals surface area (Å²) in [4.78, 5) is 20.5. The average Bonchev–Trinajstić information content (AvgIpc) is 2.91. The van der Waals surface area contributed by atoms with E-state index in [1.54, 1.807) is 11.0 Å². The van der Waals surface area contributed by atoms with Gasteiger partial charge in [0.15, 0.2) is 0 Å². The fourth-order valence-corrected chi connectivity index (χ4v) is 6.08. The van der Waals surface area contributed by atoms with Crippen molar-refractivity contribution in [2.45, 2.75) is 44.1 Å². The first-order chi connectivity index (χ1) is 18.0. The molecule has 7 heteroatoms. The van der Waals surface area contributed by atoms with Crippen LogP contribution in [-0.2, 0) is 17.6 Å². The molecule has 5 rings (SSSR count). The Kier molecular flexibility index (Phi) is 8.19. The van der Waals surface area contributed by atoms with Gasteiger partial charge in [0.2, 0.25) is 0 Å². The van der Waals surface area contributed by atoms with E-state index in [0.717, 1.165) is 94.7 Å². The van der Waals surface area contributed by atoms with Crippen LogP contribution in [0.3, 0.4) is 0 Å². The van der Waals surface area contributed by atoms with Crippen LogP contribution in [0.2, 0.25) is 0 Å². The SMILES string of the molecule is CN(C[C@@H](CCN1CC(N2CCOCC2)C1)c1ccc(F)cc1)C(=O)c1cc(C#N)cc2c1CCCC2. The number of rotatable bonds is 8. The van der Waals surface area contributed by atoms with Gasteiger partial charge in [0, 0.05) is 57.3 Å². The van der Waals surface area contributed by atoms with Crippen molar-refractivity contribution in [1.29, 1.82) is 5.26 Å². The number of halogens is 1. The molecule has 2 fully saturated rings. The van der Waals surface area contributed by atoms with Crippen LogP contribution < -0.4 is 0 Å². The number of likely N-dealkylation sites (N-methyl/N-ethyl adjacent to an activating group) is 1. The fourth-order valence-electron chi connectivity index (χ4n) is 6.08. The number of morpholine rings is 1. The molecule has 1 aliphatic carbocycles. The van der Waals surface area contributed by atoms with Gasteiger partial charge in [0.1, 0.15) is 5.82 Å². The van der Waals surface area contributed by atoms with Crippen LogP contribution in [0.5, 0.6) is 0 Å². The Morgan fingerprint density at radius 2 is 1.89 bits per heavy atom. The third kappa shape index (κ3) is 6.04. The number of nitriles is 1. The molecule has 0 unspecified atom stereocenters. The first-order valence-corrected chi connectivity index (χ1v) is 13.6. The maximum atomic E-state index is 13.7. The topological polar surface area (TPSA) is 59.8 Å². The van der Waals surface area contributed by atoms with Crippen LogP contribution in [0, 0.1) is 17.1 Å². The molecule has 0 saturated carbocycles. The van der Waals surface area contributed by atoms with Crippen LogP contribution in [0.25, 0.3) is 0 Å². The summed E-state index contributed by atoms with van der Waals surface area (Å²) in [6, 6.07) is 13.3. The van der Waals surface area contributed by atoms with E-state index in [2.05, 4.69) is 15.9 Å². The lowest BCUT2D eigenvalue weighted by Gasteiger charge is -2.47. The van der Waals surface area contributed by atoms with E-state index < -0.39 is 0 Å². The number of aryl methyl sites for hydroxylation is 1. The second-order valence-corrected chi connectivity index (χ2v) is 10.8. The molecule has 6 nitrogen and oxygen atoms in total. The third-order valence-corrected chi connectivity index (χ3v) is 8.30. The van der Waals surface area contributed by atoms with E-state index in [9.17, 15) is 14.4 Å². The largest absolute Gasteiger partial charge is 0.379 e. The fraction of sp³-hybridized carbons (Fsp3) is 0.533. The van der Waals surface area contributed by atoms with Gasteiger partial charge in [-0.2, -0.15) is 5.26 Å².